The Kier molecular flexibility index (Phi) is 2.77. The van der Waals surface area contributed by atoms with E-state index in [-0.39, 0.29) is 6.61 Å². The zero-order valence-corrected chi connectivity index (χ0v) is 7.95. The Bertz CT molecular complexity index is 213. The largest absolute Gasteiger partial charge is 0.395 e. The summed E-state index contributed by atoms with van der Waals surface area (Å²) in [6.07, 6.45) is -0.985. The van der Waals surface area contributed by atoms with E-state index in [4.69, 9.17) is 5.11 Å². The number of rotatable bonds is 1. The molecule has 0 amide bonds. The highest BCUT2D eigenvalue weighted by molar-refractivity contribution is 5.05. The van der Waals surface area contributed by atoms with Crippen LogP contribution in [0.15, 0.2) is 0 Å². The van der Waals surface area contributed by atoms with Gasteiger partial charge in [0.05, 0.1) is 37.0 Å². The Morgan fingerprint density at radius 1 is 1.14 bits per heavy atom. The van der Waals surface area contributed by atoms with Gasteiger partial charge in [-0.3, -0.25) is 4.90 Å². The lowest BCUT2D eigenvalue weighted by Gasteiger charge is -2.36. The molecule has 0 saturated carbocycles. The Balaban J connectivity index is 2.19. The SMILES string of the molecule is OC[C@H]1[C@@H](O)[C@@H](O)[C@H]2[C@H](O)CCCN21. The van der Waals surface area contributed by atoms with Gasteiger partial charge in [-0.05, 0) is 19.4 Å². The van der Waals surface area contributed by atoms with Gasteiger partial charge in [0, 0.05) is 0 Å². The van der Waals surface area contributed by atoms with Gasteiger partial charge in [0.15, 0.2) is 0 Å². The van der Waals surface area contributed by atoms with E-state index in [0.717, 1.165) is 13.0 Å². The lowest BCUT2D eigenvalue weighted by atomic mass is 9.97. The molecule has 4 N–H and O–H groups in total. The maximum atomic E-state index is 9.70. The van der Waals surface area contributed by atoms with Crippen molar-refractivity contribution in [3.63, 3.8) is 0 Å². The van der Waals surface area contributed by atoms with Crippen molar-refractivity contribution >= 4 is 0 Å². The molecule has 2 aliphatic rings. The predicted octanol–water partition coefficient (Wildman–Crippen LogP) is -2.09. The van der Waals surface area contributed by atoms with Crippen LogP contribution in [0, 0.1) is 0 Å². The van der Waals surface area contributed by atoms with E-state index in [0.29, 0.717) is 6.42 Å². The number of hydrogen-bond acceptors (Lipinski definition) is 5. The third-order valence-corrected chi connectivity index (χ3v) is 3.40. The monoisotopic (exact) mass is 203 g/mol. The van der Waals surface area contributed by atoms with Gasteiger partial charge in [-0.25, -0.2) is 0 Å². The second-order valence-corrected chi connectivity index (χ2v) is 4.17. The molecule has 0 aromatic heterocycles. The summed E-state index contributed by atoms with van der Waals surface area (Å²) in [7, 11) is 0. The summed E-state index contributed by atoms with van der Waals surface area (Å²) in [6, 6.07) is -0.833. The highest BCUT2D eigenvalue weighted by Crippen LogP contribution is 2.32. The smallest absolute Gasteiger partial charge is 0.0995 e. The van der Waals surface area contributed by atoms with Crippen LogP contribution >= 0.6 is 0 Å². The summed E-state index contributed by atoms with van der Waals surface area (Å²) in [5, 5.41) is 38.1. The van der Waals surface area contributed by atoms with E-state index in [1.165, 1.54) is 0 Å². The first-order valence-electron chi connectivity index (χ1n) is 5.07. The molecule has 0 unspecified atom stereocenters. The lowest BCUT2D eigenvalue weighted by Crippen LogP contribution is -2.51. The summed E-state index contributed by atoms with van der Waals surface area (Å²) >= 11 is 0. The van der Waals surface area contributed by atoms with Crippen LogP contribution < -0.4 is 0 Å². The van der Waals surface area contributed by atoms with Gasteiger partial charge in [-0.2, -0.15) is 0 Å². The van der Waals surface area contributed by atoms with Gasteiger partial charge in [0.1, 0.15) is 0 Å². The zero-order chi connectivity index (χ0) is 10.3. The first kappa shape index (κ1) is 10.3. The molecule has 2 saturated heterocycles. The molecule has 2 heterocycles. The van der Waals surface area contributed by atoms with Crippen LogP contribution in [0.3, 0.4) is 0 Å². The molecule has 0 bridgehead atoms. The first-order chi connectivity index (χ1) is 6.66. The van der Waals surface area contributed by atoms with E-state index in [1.54, 1.807) is 0 Å². The third kappa shape index (κ3) is 1.36. The molecule has 5 nitrogen and oxygen atoms in total. The minimum atomic E-state index is -0.947. The van der Waals surface area contributed by atoms with Crippen molar-refractivity contribution in [3.8, 4) is 0 Å². The summed E-state index contributed by atoms with van der Waals surface area (Å²) in [5.41, 5.74) is 0. The van der Waals surface area contributed by atoms with Crippen molar-refractivity contribution in [2.45, 2.75) is 43.2 Å². The molecule has 2 fully saturated rings. The topological polar surface area (TPSA) is 84.2 Å². The molecule has 14 heavy (non-hydrogen) atoms. The summed E-state index contributed by atoms with van der Waals surface area (Å²) in [6.45, 7) is 0.544. The van der Waals surface area contributed by atoms with Crippen LogP contribution in [-0.2, 0) is 0 Å². The fraction of sp³-hybridized carbons (Fsp3) is 1.00. The molecule has 0 radical (unpaired) electrons. The minimum absolute atomic E-state index is 0.179. The number of fused-ring (bicyclic) bond motifs is 1. The van der Waals surface area contributed by atoms with Crippen LogP contribution in [0.25, 0.3) is 0 Å². The average molecular weight is 203 g/mol. The fourth-order valence-corrected chi connectivity index (χ4v) is 2.67. The Morgan fingerprint density at radius 3 is 2.50 bits per heavy atom. The molecule has 5 heteroatoms. The maximum absolute atomic E-state index is 9.70. The molecule has 0 spiro atoms. The fourth-order valence-electron chi connectivity index (χ4n) is 2.67. The van der Waals surface area contributed by atoms with Crippen molar-refractivity contribution in [2.75, 3.05) is 13.2 Å². The molecule has 0 aromatic carbocycles. The third-order valence-electron chi connectivity index (χ3n) is 3.40. The van der Waals surface area contributed by atoms with Gasteiger partial charge in [-0.15, -0.1) is 0 Å². The van der Waals surface area contributed by atoms with Gasteiger partial charge >= 0.3 is 0 Å². The quantitative estimate of drug-likeness (QED) is 0.393. The molecule has 2 aliphatic heterocycles. The molecule has 82 valence electrons. The van der Waals surface area contributed by atoms with Crippen molar-refractivity contribution in [3.05, 3.63) is 0 Å². The molecule has 0 aromatic rings. The van der Waals surface area contributed by atoms with Gasteiger partial charge in [0.25, 0.3) is 0 Å². The Morgan fingerprint density at radius 2 is 1.86 bits per heavy atom. The van der Waals surface area contributed by atoms with E-state index in [2.05, 4.69) is 0 Å². The minimum Gasteiger partial charge on any atom is -0.395 e. The maximum Gasteiger partial charge on any atom is 0.0995 e. The van der Waals surface area contributed by atoms with Crippen LogP contribution in [0.5, 0.6) is 0 Å². The summed E-state index contributed by atoms with van der Waals surface area (Å²) in [5.74, 6) is 0. The highest BCUT2D eigenvalue weighted by atomic mass is 16.3. The number of aliphatic hydroxyl groups is 4. The Hall–Kier alpha value is -0.200. The van der Waals surface area contributed by atoms with E-state index < -0.39 is 30.4 Å². The highest BCUT2D eigenvalue weighted by Gasteiger charge is 2.51. The second-order valence-electron chi connectivity index (χ2n) is 4.17. The second kappa shape index (κ2) is 3.75. The van der Waals surface area contributed by atoms with Crippen LogP contribution in [0.1, 0.15) is 12.8 Å². The number of aliphatic hydroxyl groups excluding tert-OH is 4. The number of nitrogens with zero attached hydrogens (tertiary/aromatic N) is 1. The molecular formula is C9H17NO4. The van der Waals surface area contributed by atoms with E-state index in [1.807, 2.05) is 4.90 Å². The normalized spacial score (nSPS) is 49.3. The molecule has 2 rings (SSSR count). The molecule has 5 atom stereocenters. The summed E-state index contributed by atoms with van der Waals surface area (Å²) in [4.78, 5) is 1.82. The van der Waals surface area contributed by atoms with E-state index in [9.17, 15) is 15.3 Å². The van der Waals surface area contributed by atoms with Gasteiger partial charge in [0.2, 0.25) is 0 Å². The standard InChI is InChI=1S/C9H17NO4/c11-4-5-8(13)9(14)7-6(12)2-1-3-10(5)7/h5-9,11-14H,1-4H2/t5-,6+,7+,8+,9-/m0/s1. The first-order valence-corrected chi connectivity index (χ1v) is 5.07. The van der Waals surface area contributed by atoms with Gasteiger partial charge < -0.3 is 20.4 Å². The number of piperidine rings is 1. The predicted molar refractivity (Wildman–Crippen MR) is 48.6 cm³/mol. The van der Waals surface area contributed by atoms with Crippen molar-refractivity contribution in [1.29, 1.82) is 0 Å². The van der Waals surface area contributed by atoms with Crippen LogP contribution in [0.4, 0.5) is 0 Å². The van der Waals surface area contributed by atoms with Crippen LogP contribution in [-0.4, -0.2) is 68.9 Å². The van der Waals surface area contributed by atoms with Gasteiger partial charge in [-0.1, -0.05) is 0 Å². The number of hydrogen-bond donors (Lipinski definition) is 4. The Labute approximate surface area is 82.6 Å². The van der Waals surface area contributed by atoms with Crippen molar-refractivity contribution in [1.82, 2.24) is 4.90 Å². The molecule has 0 aliphatic carbocycles. The van der Waals surface area contributed by atoms with Crippen molar-refractivity contribution < 1.29 is 20.4 Å². The average Bonchev–Trinajstić information content (AvgIpc) is 2.41. The van der Waals surface area contributed by atoms with Crippen molar-refractivity contribution in [2.24, 2.45) is 0 Å². The van der Waals surface area contributed by atoms with E-state index >= 15 is 0 Å². The molecular weight excluding hydrogens is 186 g/mol. The summed E-state index contributed by atoms with van der Waals surface area (Å²) < 4.78 is 0. The zero-order valence-electron chi connectivity index (χ0n) is 7.95. The van der Waals surface area contributed by atoms with Crippen LogP contribution in [0.2, 0.25) is 0 Å². The lowest BCUT2D eigenvalue weighted by molar-refractivity contribution is -0.0300.